The molecule has 0 N–H and O–H groups in total. The summed E-state index contributed by atoms with van der Waals surface area (Å²) in [4.78, 5) is 22.6. The topological polar surface area (TPSA) is 56.5 Å². The molecular weight excluding hydrogens is 232 g/mol. The number of hydrogen-bond acceptors (Lipinski definition) is 4. The van der Waals surface area contributed by atoms with Crippen molar-refractivity contribution in [1.82, 2.24) is 0 Å². The zero-order valence-electron chi connectivity index (χ0n) is 9.88. The molecule has 92 valence electrons. The van der Waals surface area contributed by atoms with Gasteiger partial charge >= 0.3 is 5.97 Å². The molecule has 0 spiro atoms. The van der Waals surface area contributed by atoms with Crippen molar-refractivity contribution in [2.45, 2.75) is 13.5 Å². The molecule has 1 aromatic carbocycles. The molecule has 0 unspecified atom stereocenters. The van der Waals surface area contributed by atoms with E-state index in [4.69, 9.17) is 9.15 Å². The lowest BCUT2D eigenvalue weighted by molar-refractivity contribution is 0.0434. The van der Waals surface area contributed by atoms with E-state index in [1.54, 1.807) is 0 Å². The van der Waals surface area contributed by atoms with Crippen LogP contribution in [0.15, 0.2) is 46.9 Å². The van der Waals surface area contributed by atoms with Crippen LogP contribution in [-0.2, 0) is 11.3 Å². The highest BCUT2D eigenvalue weighted by Crippen LogP contribution is 2.11. The van der Waals surface area contributed by atoms with Gasteiger partial charge in [0.15, 0.2) is 11.5 Å². The smallest absolute Gasteiger partial charge is 0.374 e. The Morgan fingerprint density at radius 2 is 1.72 bits per heavy atom. The van der Waals surface area contributed by atoms with Crippen LogP contribution in [0.5, 0.6) is 0 Å². The molecule has 0 atom stereocenters. The van der Waals surface area contributed by atoms with Gasteiger partial charge in [0.05, 0.1) is 0 Å². The number of Topliss-reactive ketones (excluding diaryl/α,β-unsaturated/α-hetero) is 1. The maximum Gasteiger partial charge on any atom is 0.374 e. The van der Waals surface area contributed by atoms with Gasteiger partial charge in [-0.05, 0) is 17.7 Å². The summed E-state index contributed by atoms with van der Waals surface area (Å²) in [7, 11) is 0. The van der Waals surface area contributed by atoms with Crippen molar-refractivity contribution in [3.8, 4) is 0 Å². The van der Waals surface area contributed by atoms with Crippen molar-refractivity contribution >= 4 is 11.8 Å². The highest BCUT2D eigenvalue weighted by atomic mass is 16.5. The normalized spacial score (nSPS) is 10.1. The number of ether oxygens (including phenoxy) is 1. The molecule has 1 aromatic heterocycles. The number of hydrogen-bond donors (Lipinski definition) is 0. The van der Waals surface area contributed by atoms with Crippen LogP contribution in [0.3, 0.4) is 0 Å². The molecular formula is C14H12O4. The van der Waals surface area contributed by atoms with E-state index < -0.39 is 5.97 Å². The summed E-state index contributed by atoms with van der Waals surface area (Å²) >= 11 is 0. The molecule has 0 fully saturated rings. The predicted octanol–water partition coefficient (Wildman–Crippen LogP) is 2.84. The van der Waals surface area contributed by atoms with Crippen molar-refractivity contribution in [3.63, 3.8) is 0 Å². The van der Waals surface area contributed by atoms with E-state index in [1.807, 2.05) is 30.3 Å². The van der Waals surface area contributed by atoms with Crippen molar-refractivity contribution in [3.05, 3.63) is 59.5 Å². The Kier molecular flexibility index (Phi) is 3.57. The zero-order chi connectivity index (χ0) is 13.0. The molecule has 0 radical (unpaired) electrons. The lowest BCUT2D eigenvalue weighted by atomic mass is 10.2. The van der Waals surface area contributed by atoms with E-state index in [1.165, 1.54) is 19.1 Å². The van der Waals surface area contributed by atoms with Crippen molar-refractivity contribution < 1.29 is 18.7 Å². The number of carbonyl (C=O) groups excluding carboxylic acids is 2. The van der Waals surface area contributed by atoms with Gasteiger partial charge in [-0.2, -0.15) is 0 Å². The van der Waals surface area contributed by atoms with Crippen LogP contribution in [0, 0.1) is 0 Å². The maximum absolute atomic E-state index is 11.6. The summed E-state index contributed by atoms with van der Waals surface area (Å²) in [5, 5.41) is 0. The quantitative estimate of drug-likeness (QED) is 0.613. The van der Waals surface area contributed by atoms with E-state index >= 15 is 0 Å². The Morgan fingerprint density at radius 1 is 1.06 bits per heavy atom. The molecule has 1 heterocycles. The SMILES string of the molecule is CC(=O)c1ccc(C(=O)OCc2ccccc2)o1. The van der Waals surface area contributed by atoms with Gasteiger partial charge in [0.2, 0.25) is 5.76 Å². The fraction of sp³-hybridized carbons (Fsp3) is 0.143. The highest BCUT2D eigenvalue weighted by Gasteiger charge is 2.14. The molecule has 4 heteroatoms. The minimum atomic E-state index is -0.577. The summed E-state index contributed by atoms with van der Waals surface area (Å²) < 4.78 is 10.1. The third-order valence-electron chi connectivity index (χ3n) is 2.37. The average molecular weight is 244 g/mol. The molecule has 0 saturated carbocycles. The van der Waals surface area contributed by atoms with Gasteiger partial charge in [0.1, 0.15) is 6.61 Å². The van der Waals surface area contributed by atoms with Gasteiger partial charge in [0.25, 0.3) is 0 Å². The molecule has 18 heavy (non-hydrogen) atoms. The number of esters is 1. The van der Waals surface area contributed by atoms with Gasteiger partial charge in [-0.3, -0.25) is 4.79 Å². The van der Waals surface area contributed by atoms with Crippen molar-refractivity contribution in [2.75, 3.05) is 0 Å². The first-order valence-corrected chi connectivity index (χ1v) is 5.48. The third-order valence-corrected chi connectivity index (χ3v) is 2.37. The summed E-state index contributed by atoms with van der Waals surface area (Å²) in [5.74, 6) is -0.610. The molecule has 4 nitrogen and oxygen atoms in total. The zero-order valence-corrected chi connectivity index (χ0v) is 9.88. The summed E-state index contributed by atoms with van der Waals surface area (Å²) in [6, 6.07) is 12.2. The molecule has 0 amide bonds. The van der Waals surface area contributed by atoms with E-state index in [-0.39, 0.29) is 23.9 Å². The lowest BCUT2D eigenvalue weighted by Gasteiger charge is -2.02. The van der Waals surface area contributed by atoms with Crippen LogP contribution in [-0.4, -0.2) is 11.8 Å². The van der Waals surface area contributed by atoms with Gasteiger partial charge < -0.3 is 9.15 Å². The third kappa shape index (κ3) is 2.85. The Hall–Kier alpha value is -2.36. The molecule has 2 aromatic rings. The first kappa shape index (κ1) is 12.1. The van der Waals surface area contributed by atoms with Gasteiger partial charge in [0, 0.05) is 6.92 Å². The predicted molar refractivity (Wildman–Crippen MR) is 64.3 cm³/mol. The average Bonchev–Trinajstić information content (AvgIpc) is 2.87. The molecule has 0 aliphatic heterocycles. The highest BCUT2D eigenvalue weighted by molar-refractivity contribution is 5.93. The van der Waals surface area contributed by atoms with Crippen molar-refractivity contribution in [2.24, 2.45) is 0 Å². The van der Waals surface area contributed by atoms with E-state index in [9.17, 15) is 9.59 Å². The fourth-order valence-electron chi connectivity index (χ4n) is 1.43. The Labute approximate surface area is 104 Å². The molecule has 0 bridgehead atoms. The van der Waals surface area contributed by atoms with Gasteiger partial charge in [-0.1, -0.05) is 30.3 Å². The molecule has 2 rings (SSSR count). The second-order valence-electron chi connectivity index (χ2n) is 3.78. The monoisotopic (exact) mass is 244 g/mol. The number of rotatable bonds is 4. The van der Waals surface area contributed by atoms with Crippen LogP contribution >= 0.6 is 0 Å². The standard InChI is InChI=1S/C14H12O4/c1-10(15)12-7-8-13(18-12)14(16)17-9-11-5-3-2-4-6-11/h2-8H,9H2,1H3. The summed E-state index contributed by atoms with van der Waals surface area (Å²) in [5.41, 5.74) is 0.893. The Bertz CT molecular complexity index is 554. The largest absolute Gasteiger partial charge is 0.455 e. The second-order valence-corrected chi connectivity index (χ2v) is 3.78. The van der Waals surface area contributed by atoms with E-state index in [0.29, 0.717) is 0 Å². The number of furan rings is 1. The number of ketones is 1. The molecule has 0 aliphatic rings. The lowest BCUT2D eigenvalue weighted by Crippen LogP contribution is -2.04. The van der Waals surface area contributed by atoms with Crippen LogP contribution < -0.4 is 0 Å². The fourth-order valence-corrected chi connectivity index (χ4v) is 1.43. The Morgan fingerprint density at radius 3 is 2.33 bits per heavy atom. The van der Waals surface area contributed by atoms with Crippen LogP contribution in [0.1, 0.15) is 33.6 Å². The maximum atomic E-state index is 11.6. The van der Waals surface area contributed by atoms with Crippen LogP contribution in [0.25, 0.3) is 0 Å². The van der Waals surface area contributed by atoms with Crippen molar-refractivity contribution in [1.29, 1.82) is 0 Å². The second kappa shape index (κ2) is 5.31. The summed E-state index contributed by atoms with van der Waals surface area (Å²) in [6.45, 7) is 1.55. The minimum Gasteiger partial charge on any atom is -0.455 e. The summed E-state index contributed by atoms with van der Waals surface area (Å²) in [6.07, 6.45) is 0. The molecule has 0 aliphatic carbocycles. The number of benzene rings is 1. The Balaban J connectivity index is 1.97. The van der Waals surface area contributed by atoms with E-state index in [0.717, 1.165) is 5.56 Å². The first-order valence-electron chi connectivity index (χ1n) is 5.48. The molecule has 0 saturated heterocycles. The van der Waals surface area contributed by atoms with Gasteiger partial charge in [-0.15, -0.1) is 0 Å². The van der Waals surface area contributed by atoms with Crippen LogP contribution in [0.2, 0.25) is 0 Å². The minimum absolute atomic E-state index is 0.0381. The van der Waals surface area contributed by atoms with Crippen LogP contribution in [0.4, 0.5) is 0 Å². The number of carbonyl (C=O) groups is 2. The van der Waals surface area contributed by atoms with Gasteiger partial charge in [-0.25, -0.2) is 4.79 Å². The van der Waals surface area contributed by atoms with E-state index in [2.05, 4.69) is 0 Å². The first-order chi connectivity index (χ1) is 8.66.